The maximum atomic E-state index is 12.6. The molecule has 1 aliphatic heterocycles. The van der Waals surface area contributed by atoms with Gasteiger partial charge in [-0.1, -0.05) is 29.8 Å². The summed E-state index contributed by atoms with van der Waals surface area (Å²) in [6.07, 6.45) is 1.64. The summed E-state index contributed by atoms with van der Waals surface area (Å²) in [5.74, 6) is 0.590. The van der Waals surface area contributed by atoms with Crippen LogP contribution in [0.15, 0.2) is 72.5 Å². The molecule has 0 saturated carbocycles. The van der Waals surface area contributed by atoms with Crippen LogP contribution in [0.25, 0.3) is 6.08 Å². The summed E-state index contributed by atoms with van der Waals surface area (Å²) >= 11 is 5.88. The van der Waals surface area contributed by atoms with Gasteiger partial charge in [-0.05, 0) is 54.1 Å². The maximum absolute atomic E-state index is 12.6. The molecule has 0 N–H and O–H groups in total. The number of methoxy groups -OCH3 is 1. The minimum atomic E-state index is -0.537. The van der Waals surface area contributed by atoms with E-state index in [9.17, 15) is 9.59 Å². The summed E-state index contributed by atoms with van der Waals surface area (Å²) in [5, 5.41) is 0.608. The highest BCUT2D eigenvalue weighted by Crippen LogP contribution is 2.35. The van der Waals surface area contributed by atoms with E-state index in [1.165, 1.54) is 13.2 Å². The molecule has 0 bridgehead atoms. The molecule has 1 heterocycles. The van der Waals surface area contributed by atoms with Crippen LogP contribution in [0.4, 0.5) is 0 Å². The Hall–Kier alpha value is -3.57. The molecule has 4 rings (SSSR count). The van der Waals surface area contributed by atoms with Crippen molar-refractivity contribution in [3.63, 3.8) is 0 Å². The molecule has 1 aliphatic rings. The first-order chi connectivity index (χ1) is 14.0. The van der Waals surface area contributed by atoms with Gasteiger partial charge in [-0.25, -0.2) is 4.79 Å². The van der Waals surface area contributed by atoms with Crippen LogP contribution in [0.2, 0.25) is 5.02 Å². The lowest BCUT2D eigenvalue weighted by Crippen LogP contribution is -2.08. The molecule has 0 fully saturated rings. The maximum Gasteiger partial charge on any atom is 0.343 e. The zero-order chi connectivity index (χ0) is 20.4. The van der Waals surface area contributed by atoms with Crippen molar-refractivity contribution < 1.29 is 23.8 Å². The van der Waals surface area contributed by atoms with Crippen molar-refractivity contribution >= 4 is 29.4 Å². The van der Waals surface area contributed by atoms with Crippen LogP contribution in [0.5, 0.6) is 17.2 Å². The van der Waals surface area contributed by atoms with Crippen LogP contribution in [-0.2, 0) is 0 Å². The molecule has 0 atom stereocenters. The quantitative estimate of drug-likeness (QED) is 0.339. The summed E-state index contributed by atoms with van der Waals surface area (Å²) < 4.78 is 16.2. The summed E-state index contributed by atoms with van der Waals surface area (Å²) in [6.45, 7) is 0. The van der Waals surface area contributed by atoms with E-state index in [2.05, 4.69) is 0 Å². The molecule has 0 amide bonds. The van der Waals surface area contributed by atoms with Crippen molar-refractivity contribution in [2.24, 2.45) is 0 Å². The molecule has 5 nitrogen and oxygen atoms in total. The molecular formula is C23H15ClO5. The number of fused-ring (bicyclic) bond motifs is 1. The van der Waals surface area contributed by atoms with E-state index in [1.807, 2.05) is 0 Å². The number of allylic oxidation sites excluding steroid dienone is 1. The molecule has 0 aliphatic carbocycles. The second-order valence-corrected chi connectivity index (χ2v) is 6.71. The minimum Gasteiger partial charge on any atom is -0.497 e. The average Bonchev–Trinajstić information content (AvgIpc) is 3.04. The normalized spacial score (nSPS) is 13.7. The largest absolute Gasteiger partial charge is 0.497 e. The van der Waals surface area contributed by atoms with Crippen molar-refractivity contribution in [2.75, 3.05) is 7.11 Å². The van der Waals surface area contributed by atoms with E-state index < -0.39 is 5.97 Å². The molecule has 0 radical (unpaired) electrons. The number of esters is 1. The van der Waals surface area contributed by atoms with Gasteiger partial charge in [-0.2, -0.15) is 0 Å². The molecule has 0 aromatic heterocycles. The predicted octanol–water partition coefficient (Wildman–Crippen LogP) is 5.18. The Labute approximate surface area is 172 Å². The van der Waals surface area contributed by atoms with Crippen LogP contribution in [0, 0.1) is 0 Å². The van der Waals surface area contributed by atoms with Gasteiger partial charge in [0, 0.05) is 11.1 Å². The van der Waals surface area contributed by atoms with Crippen LogP contribution in [-0.4, -0.2) is 18.9 Å². The zero-order valence-corrected chi connectivity index (χ0v) is 16.1. The number of carbonyl (C=O) groups is 2. The first-order valence-electron chi connectivity index (χ1n) is 8.73. The molecule has 144 valence electrons. The van der Waals surface area contributed by atoms with Crippen molar-refractivity contribution in [3.05, 3.63) is 94.2 Å². The highest BCUT2D eigenvalue weighted by molar-refractivity contribution is 6.30. The fraction of sp³-hybridized carbons (Fsp3) is 0.0435. The molecule has 0 unspecified atom stereocenters. The van der Waals surface area contributed by atoms with Crippen molar-refractivity contribution in [1.29, 1.82) is 0 Å². The highest BCUT2D eigenvalue weighted by Gasteiger charge is 2.28. The van der Waals surface area contributed by atoms with E-state index in [0.717, 1.165) is 5.56 Å². The monoisotopic (exact) mass is 406 g/mol. The third-order valence-corrected chi connectivity index (χ3v) is 4.58. The lowest BCUT2D eigenvalue weighted by Gasteiger charge is -2.07. The van der Waals surface area contributed by atoms with Crippen molar-refractivity contribution in [1.82, 2.24) is 0 Å². The van der Waals surface area contributed by atoms with Gasteiger partial charge in [0.1, 0.15) is 17.2 Å². The van der Waals surface area contributed by atoms with Gasteiger partial charge in [0.05, 0.1) is 18.2 Å². The van der Waals surface area contributed by atoms with Gasteiger partial charge < -0.3 is 14.2 Å². The topological polar surface area (TPSA) is 61.8 Å². The average molecular weight is 407 g/mol. The number of Topliss-reactive ketones (excluding diaryl/α,β-unsaturated/α-hetero) is 1. The molecule has 3 aromatic rings. The lowest BCUT2D eigenvalue weighted by atomic mass is 10.1. The Morgan fingerprint density at radius 3 is 2.55 bits per heavy atom. The Morgan fingerprint density at radius 1 is 1.00 bits per heavy atom. The molecular weight excluding hydrogens is 392 g/mol. The third-order valence-electron chi connectivity index (χ3n) is 4.33. The van der Waals surface area contributed by atoms with Gasteiger partial charge in [-0.15, -0.1) is 0 Å². The number of ether oxygens (including phenoxy) is 3. The van der Waals surface area contributed by atoms with E-state index in [0.29, 0.717) is 27.6 Å². The second kappa shape index (κ2) is 7.81. The number of rotatable bonds is 4. The Kier molecular flexibility index (Phi) is 5.06. The van der Waals surface area contributed by atoms with Gasteiger partial charge in [0.2, 0.25) is 5.78 Å². The van der Waals surface area contributed by atoms with Gasteiger partial charge in [-0.3, -0.25) is 4.79 Å². The summed E-state index contributed by atoms with van der Waals surface area (Å²) in [7, 11) is 1.52. The van der Waals surface area contributed by atoms with E-state index in [1.54, 1.807) is 66.7 Å². The van der Waals surface area contributed by atoms with Gasteiger partial charge in [0.15, 0.2) is 5.76 Å². The zero-order valence-electron chi connectivity index (χ0n) is 15.3. The summed E-state index contributed by atoms with van der Waals surface area (Å²) in [6, 6.07) is 18.4. The van der Waals surface area contributed by atoms with Crippen molar-refractivity contribution in [3.8, 4) is 17.2 Å². The molecule has 29 heavy (non-hydrogen) atoms. The second-order valence-electron chi connectivity index (χ2n) is 6.27. The van der Waals surface area contributed by atoms with Crippen LogP contribution in [0.3, 0.4) is 0 Å². The number of hydrogen-bond donors (Lipinski definition) is 0. The van der Waals surface area contributed by atoms with E-state index in [-0.39, 0.29) is 17.3 Å². The molecule has 3 aromatic carbocycles. The van der Waals surface area contributed by atoms with Crippen LogP contribution >= 0.6 is 11.6 Å². The van der Waals surface area contributed by atoms with Crippen LogP contribution in [0.1, 0.15) is 26.3 Å². The smallest absolute Gasteiger partial charge is 0.343 e. The number of halogens is 1. The SMILES string of the molecule is COc1cccc(C(=O)Oc2ccc3c(c2)O/C(=C\c2ccc(Cl)cc2)C3=O)c1. The fourth-order valence-corrected chi connectivity index (χ4v) is 2.98. The van der Waals surface area contributed by atoms with Crippen molar-refractivity contribution in [2.45, 2.75) is 0 Å². The van der Waals surface area contributed by atoms with E-state index >= 15 is 0 Å². The van der Waals surface area contributed by atoms with Gasteiger partial charge in [0.25, 0.3) is 0 Å². The lowest BCUT2D eigenvalue weighted by molar-refractivity contribution is 0.0734. The molecule has 0 saturated heterocycles. The minimum absolute atomic E-state index is 0.193. The third kappa shape index (κ3) is 4.00. The Bertz CT molecular complexity index is 1130. The summed E-state index contributed by atoms with van der Waals surface area (Å²) in [4.78, 5) is 24.9. The summed E-state index contributed by atoms with van der Waals surface area (Å²) in [5.41, 5.74) is 1.55. The molecule has 6 heteroatoms. The number of carbonyl (C=O) groups excluding carboxylic acids is 2. The Balaban J connectivity index is 1.54. The van der Waals surface area contributed by atoms with Gasteiger partial charge >= 0.3 is 5.97 Å². The number of hydrogen-bond acceptors (Lipinski definition) is 5. The standard InChI is InChI=1S/C23H15ClO5/c1-27-17-4-2-3-15(12-17)23(26)28-18-9-10-19-20(13-18)29-21(22(19)25)11-14-5-7-16(24)8-6-14/h2-13H,1H3/b21-11-. The van der Waals surface area contributed by atoms with Crippen LogP contribution < -0.4 is 14.2 Å². The predicted molar refractivity (Wildman–Crippen MR) is 109 cm³/mol. The number of ketones is 1. The number of benzene rings is 3. The first-order valence-corrected chi connectivity index (χ1v) is 9.11. The molecule has 0 spiro atoms. The first kappa shape index (κ1) is 18.8. The fourth-order valence-electron chi connectivity index (χ4n) is 2.86. The highest BCUT2D eigenvalue weighted by atomic mass is 35.5. The van der Waals surface area contributed by atoms with E-state index in [4.69, 9.17) is 25.8 Å². The Morgan fingerprint density at radius 2 is 1.79 bits per heavy atom.